The standard InChI is InChI=1S/C11H11BrIN3O2/c1-11(2,3)18-10(17)16-9-7(8(12)15-16)4-6(13)5-14-9/h4-5H,1-3H3. The molecule has 0 bridgehead atoms. The number of ether oxygens (including phenoxy) is 1. The molecular weight excluding hydrogens is 413 g/mol. The third kappa shape index (κ3) is 2.82. The van der Waals surface area contributed by atoms with Gasteiger partial charge in [0.2, 0.25) is 0 Å². The van der Waals surface area contributed by atoms with Gasteiger partial charge in [-0.1, -0.05) is 0 Å². The van der Waals surface area contributed by atoms with E-state index in [1.807, 2.05) is 26.8 Å². The Morgan fingerprint density at radius 2 is 2.17 bits per heavy atom. The Morgan fingerprint density at radius 1 is 1.50 bits per heavy atom. The van der Waals surface area contributed by atoms with Gasteiger partial charge in [0.05, 0.1) is 5.39 Å². The summed E-state index contributed by atoms with van der Waals surface area (Å²) < 4.78 is 8.00. The van der Waals surface area contributed by atoms with Crippen LogP contribution < -0.4 is 0 Å². The highest BCUT2D eigenvalue weighted by Crippen LogP contribution is 2.24. The number of carbonyl (C=O) groups excluding carboxylic acids is 1. The molecule has 2 rings (SSSR count). The first-order valence-electron chi connectivity index (χ1n) is 5.21. The molecule has 0 aliphatic rings. The zero-order valence-corrected chi connectivity index (χ0v) is 13.8. The molecule has 5 nitrogen and oxygen atoms in total. The average Bonchev–Trinajstić information content (AvgIpc) is 2.54. The summed E-state index contributed by atoms with van der Waals surface area (Å²) in [5, 5.41) is 4.89. The Kier molecular flexibility index (Phi) is 3.63. The fraction of sp³-hybridized carbons (Fsp3) is 0.364. The summed E-state index contributed by atoms with van der Waals surface area (Å²) in [6.45, 7) is 5.42. The number of nitrogens with zero attached hydrogens (tertiary/aromatic N) is 3. The van der Waals surface area contributed by atoms with E-state index in [0.29, 0.717) is 10.3 Å². The molecule has 0 saturated heterocycles. The lowest BCUT2D eigenvalue weighted by Gasteiger charge is -2.18. The number of pyridine rings is 1. The van der Waals surface area contributed by atoms with Gasteiger partial charge in [0.1, 0.15) is 10.2 Å². The number of hydrogen-bond acceptors (Lipinski definition) is 4. The fourth-order valence-corrected chi connectivity index (χ4v) is 2.28. The molecule has 0 unspecified atom stereocenters. The van der Waals surface area contributed by atoms with Crippen LogP contribution in [-0.2, 0) is 4.74 Å². The third-order valence-electron chi connectivity index (χ3n) is 2.01. The van der Waals surface area contributed by atoms with E-state index >= 15 is 0 Å². The van der Waals surface area contributed by atoms with Gasteiger partial charge in [-0.3, -0.25) is 0 Å². The summed E-state index contributed by atoms with van der Waals surface area (Å²) >= 11 is 5.47. The highest BCUT2D eigenvalue weighted by Gasteiger charge is 2.22. The van der Waals surface area contributed by atoms with Crippen molar-refractivity contribution < 1.29 is 9.53 Å². The molecule has 7 heteroatoms. The Morgan fingerprint density at radius 3 is 2.78 bits per heavy atom. The highest BCUT2D eigenvalue weighted by molar-refractivity contribution is 14.1. The first-order valence-corrected chi connectivity index (χ1v) is 7.08. The molecule has 0 amide bonds. The predicted octanol–water partition coefficient (Wildman–Crippen LogP) is 3.58. The number of carbonyl (C=O) groups is 1. The Hall–Kier alpha value is -0.700. The maximum absolute atomic E-state index is 12.0. The van der Waals surface area contributed by atoms with Crippen molar-refractivity contribution in [1.82, 2.24) is 14.8 Å². The molecule has 2 aromatic rings. The van der Waals surface area contributed by atoms with Crippen LogP contribution in [0.3, 0.4) is 0 Å². The van der Waals surface area contributed by atoms with Gasteiger partial charge in [-0.05, 0) is 65.4 Å². The molecule has 0 N–H and O–H groups in total. The second kappa shape index (κ2) is 4.76. The van der Waals surface area contributed by atoms with E-state index in [4.69, 9.17) is 4.74 Å². The Labute approximate surface area is 126 Å². The van der Waals surface area contributed by atoms with Gasteiger partial charge < -0.3 is 4.74 Å². The largest absolute Gasteiger partial charge is 0.442 e. The lowest BCUT2D eigenvalue weighted by Crippen LogP contribution is -2.27. The molecule has 2 aromatic heterocycles. The maximum atomic E-state index is 12.0. The number of rotatable bonds is 0. The molecule has 0 spiro atoms. The number of aromatic nitrogens is 3. The van der Waals surface area contributed by atoms with Crippen LogP contribution in [0.5, 0.6) is 0 Å². The zero-order chi connectivity index (χ0) is 13.5. The van der Waals surface area contributed by atoms with Gasteiger partial charge >= 0.3 is 6.09 Å². The minimum atomic E-state index is -0.564. The molecule has 0 atom stereocenters. The normalized spacial score (nSPS) is 11.8. The van der Waals surface area contributed by atoms with E-state index in [2.05, 4.69) is 48.6 Å². The summed E-state index contributed by atoms with van der Waals surface area (Å²) in [7, 11) is 0. The van der Waals surface area contributed by atoms with Crippen LogP contribution in [0, 0.1) is 3.57 Å². The molecule has 0 saturated carbocycles. The van der Waals surface area contributed by atoms with Crippen molar-refractivity contribution in [3.8, 4) is 0 Å². The van der Waals surface area contributed by atoms with E-state index in [9.17, 15) is 4.79 Å². The van der Waals surface area contributed by atoms with Gasteiger partial charge in [0.15, 0.2) is 5.65 Å². The lowest BCUT2D eigenvalue weighted by atomic mass is 10.2. The van der Waals surface area contributed by atoms with Gasteiger partial charge in [-0.25, -0.2) is 9.78 Å². The van der Waals surface area contributed by atoms with Gasteiger partial charge in [0.25, 0.3) is 0 Å². The maximum Gasteiger partial charge on any atom is 0.437 e. The Balaban J connectivity index is 2.49. The smallest absolute Gasteiger partial charge is 0.437 e. The van der Waals surface area contributed by atoms with Crippen LogP contribution in [0.25, 0.3) is 11.0 Å². The number of halogens is 2. The first kappa shape index (κ1) is 13.7. The van der Waals surface area contributed by atoms with Gasteiger partial charge in [-0.2, -0.15) is 5.10 Å². The quantitative estimate of drug-likeness (QED) is 0.607. The number of hydrogen-bond donors (Lipinski definition) is 0. The summed E-state index contributed by atoms with van der Waals surface area (Å²) in [5.41, 5.74) is -0.0815. The topological polar surface area (TPSA) is 57.0 Å². The van der Waals surface area contributed by atoms with E-state index in [-0.39, 0.29) is 0 Å². The van der Waals surface area contributed by atoms with Gasteiger partial charge in [0, 0.05) is 9.77 Å². The van der Waals surface area contributed by atoms with Crippen molar-refractivity contribution in [2.24, 2.45) is 0 Å². The van der Waals surface area contributed by atoms with E-state index < -0.39 is 11.7 Å². The predicted molar refractivity (Wildman–Crippen MR) is 79.6 cm³/mol. The monoisotopic (exact) mass is 423 g/mol. The molecular formula is C11H11BrIN3O2. The van der Waals surface area contributed by atoms with Crippen LogP contribution in [0.1, 0.15) is 20.8 Å². The lowest BCUT2D eigenvalue weighted by molar-refractivity contribution is 0.0521. The van der Waals surface area contributed by atoms with Crippen molar-refractivity contribution in [3.63, 3.8) is 0 Å². The van der Waals surface area contributed by atoms with E-state index in [1.165, 1.54) is 4.68 Å². The van der Waals surface area contributed by atoms with Crippen molar-refractivity contribution in [2.45, 2.75) is 26.4 Å². The van der Waals surface area contributed by atoms with Crippen LogP contribution in [0.2, 0.25) is 0 Å². The highest BCUT2D eigenvalue weighted by atomic mass is 127. The second-order valence-corrected chi connectivity index (χ2v) is 6.70. The summed E-state index contributed by atoms with van der Waals surface area (Å²) in [6.07, 6.45) is 1.14. The molecule has 96 valence electrons. The van der Waals surface area contributed by atoms with Crippen molar-refractivity contribution in [3.05, 3.63) is 20.4 Å². The fourth-order valence-electron chi connectivity index (χ4n) is 1.37. The SMILES string of the molecule is CC(C)(C)OC(=O)n1nc(Br)c2cc(I)cnc21. The van der Waals surface area contributed by atoms with Crippen LogP contribution in [-0.4, -0.2) is 26.5 Å². The van der Waals surface area contributed by atoms with Crippen LogP contribution in [0.15, 0.2) is 16.9 Å². The molecule has 2 heterocycles. The van der Waals surface area contributed by atoms with Crippen molar-refractivity contribution >= 4 is 55.6 Å². The summed E-state index contributed by atoms with van der Waals surface area (Å²) in [4.78, 5) is 16.2. The zero-order valence-electron chi connectivity index (χ0n) is 10.1. The summed E-state index contributed by atoms with van der Waals surface area (Å²) in [6, 6.07) is 1.90. The minimum Gasteiger partial charge on any atom is -0.442 e. The molecule has 0 radical (unpaired) electrons. The van der Waals surface area contributed by atoms with E-state index in [1.54, 1.807) is 6.20 Å². The average molecular weight is 424 g/mol. The van der Waals surface area contributed by atoms with E-state index in [0.717, 1.165) is 8.96 Å². The molecule has 0 fully saturated rings. The molecule has 0 aliphatic heterocycles. The molecule has 0 aliphatic carbocycles. The van der Waals surface area contributed by atoms with Crippen LogP contribution >= 0.6 is 38.5 Å². The first-order chi connectivity index (χ1) is 8.28. The molecule has 0 aromatic carbocycles. The van der Waals surface area contributed by atoms with Gasteiger partial charge in [-0.15, -0.1) is 4.68 Å². The second-order valence-electron chi connectivity index (χ2n) is 4.71. The van der Waals surface area contributed by atoms with Crippen molar-refractivity contribution in [2.75, 3.05) is 0 Å². The molecule has 18 heavy (non-hydrogen) atoms. The number of fused-ring (bicyclic) bond motifs is 1. The van der Waals surface area contributed by atoms with Crippen molar-refractivity contribution in [1.29, 1.82) is 0 Å². The summed E-state index contributed by atoms with van der Waals surface area (Å²) in [5.74, 6) is 0. The van der Waals surface area contributed by atoms with Crippen LogP contribution in [0.4, 0.5) is 4.79 Å². The Bertz CT molecular complexity index is 619. The minimum absolute atomic E-state index is 0.483. The third-order valence-corrected chi connectivity index (χ3v) is 3.19.